The summed E-state index contributed by atoms with van der Waals surface area (Å²) in [4.78, 5) is 6.28. The number of nitrogens with two attached hydrogens (primary N) is 1. The van der Waals surface area contributed by atoms with Crippen LogP contribution in [0.4, 0.5) is 11.5 Å². The Morgan fingerprint density at radius 3 is 2.87 bits per heavy atom. The molecule has 0 amide bonds. The Kier molecular flexibility index (Phi) is 1.83. The molecule has 2 fully saturated rings. The second-order valence-electron chi connectivity index (χ2n) is 3.88. The lowest BCUT2D eigenvalue weighted by atomic mass is 10.1. The average Bonchev–Trinajstić information content (AvgIpc) is 2.62. The van der Waals surface area contributed by atoms with Crippen LogP contribution in [0.15, 0.2) is 18.3 Å². The van der Waals surface area contributed by atoms with Gasteiger partial charge in [-0.05, 0) is 12.1 Å². The van der Waals surface area contributed by atoms with Gasteiger partial charge in [-0.15, -0.1) is 0 Å². The van der Waals surface area contributed by atoms with E-state index in [2.05, 4.69) is 9.88 Å². The normalized spacial score (nSPS) is 23.1. The Labute approximate surface area is 87.8 Å². The molecule has 0 aromatic carbocycles. The lowest BCUT2D eigenvalue weighted by Gasteiger charge is -2.44. The molecule has 1 aromatic heterocycles. The number of nitrogens with zero attached hydrogens (tertiary/aromatic N) is 2. The predicted octanol–water partition coefficient (Wildman–Crippen LogP) is 0.227. The Bertz CT molecular complexity index is 361. The van der Waals surface area contributed by atoms with Gasteiger partial charge >= 0.3 is 0 Å². The van der Waals surface area contributed by atoms with Gasteiger partial charge in [0.2, 0.25) is 0 Å². The van der Waals surface area contributed by atoms with E-state index in [1.807, 2.05) is 6.07 Å². The molecule has 0 bridgehead atoms. The summed E-state index contributed by atoms with van der Waals surface area (Å²) >= 11 is 0. The van der Waals surface area contributed by atoms with Crippen LogP contribution in [0, 0.1) is 0 Å². The molecule has 1 aromatic rings. The molecule has 5 heteroatoms. The molecule has 15 heavy (non-hydrogen) atoms. The van der Waals surface area contributed by atoms with Crippen molar-refractivity contribution in [3.05, 3.63) is 18.3 Å². The maximum absolute atomic E-state index is 5.72. The molecule has 2 aliphatic heterocycles. The van der Waals surface area contributed by atoms with Crippen molar-refractivity contribution in [2.24, 2.45) is 0 Å². The Hall–Kier alpha value is -1.33. The zero-order chi connectivity index (χ0) is 10.3. The maximum Gasteiger partial charge on any atom is 0.188 e. The molecule has 80 valence electrons. The Morgan fingerprint density at radius 1 is 1.40 bits per heavy atom. The fourth-order valence-corrected chi connectivity index (χ4v) is 2.05. The van der Waals surface area contributed by atoms with Gasteiger partial charge in [-0.3, -0.25) is 0 Å². The minimum Gasteiger partial charge on any atom is -0.384 e. The molecule has 2 saturated heterocycles. The molecule has 0 unspecified atom stereocenters. The lowest BCUT2D eigenvalue weighted by Crippen LogP contribution is -2.60. The highest BCUT2D eigenvalue weighted by Crippen LogP contribution is 2.34. The highest BCUT2D eigenvalue weighted by atomic mass is 16.6. The number of ether oxygens (including phenoxy) is 2. The third-order valence-electron chi connectivity index (χ3n) is 2.92. The van der Waals surface area contributed by atoms with E-state index in [0.29, 0.717) is 19.0 Å². The molecular weight excluding hydrogens is 194 g/mol. The largest absolute Gasteiger partial charge is 0.384 e. The standard InChI is InChI=1S/C10H13N3O2/c11-9-2-1-8(5-12-9)13-3-4-15-10(13)6-14-7-10/h1-2,5H,3-4,6-7H2,(H2,11,12). The molecule has 5 nitrogen and oxygen atoms in total. The highest BCUT2D eigenvalue weighted by Gasteiger charge is 2.49. The summed E-state index contributed by atoms with van der Waals surface area (Å²) < 4.78 is 10.9. The van der Waals surface area contributed by atoms with Gasteiger partial charge in [0.05, 0.1) is 31.7 Å². The number of aromatic nitrogens is 1. The molecule has 3 heterocycles. The van der Waals surface area contributed by atoms with E-state index in [-0.39, 0.29) is 5.72 Å². The van der Waals surface area contributed by atoms with Crippen molar-refractivity contribution in [1.29, 1.82) is 0 Å². The van der Waals surface area contributed by atoms with Crippen LogP contribution in [0.5, 0.6) is 0 Å². The third-order valence-corrected chi connectivity index (χ3v) is 2.92. The molecular formula is C10H13N3O2. The zero-order valence-electron chi connectivity index (χ0n) is 8.35. The van der Waals surface area contributed by atoms with E-state index in [0.717, 1.165) is 18.8 Å². The molecule has 0 radical (unpaired) electrons. The quantitative estimate of drug-likeness (QED) is 0.714. The summed E-state index contributed by atoms with van der Waals surface area (Å²) in [5, 5.41) is 0. The van der Waals surface area contributed by atoms with Crippen molar-refractivity contribution in [3.8, 4) is 0 Å². The second-order valence-corrected chi connectivity index (χ2v) is 3.88. The minimum atomic E-state index is -0.238. The molecule has 0 atom stereocenters. The van der Waals surface area contributed by atoms with E-state index in [1.54, 1.807) is 12.3 Å². The van der Waals surface area contributed by atoms with Crippen LogP contribution in [-0.4, -0.2) is 37.1 Å². The van der Waals surface area contributed by atoms with Gasteiger partial charge in [-0.1, -0.05) is 0 Å². The maximum atomic E-state index is 5.72. The number of anilines is 2. The highest BCUT2D eigenvalue weighted by molar-refractivity contribution is 5.51. The summed E-state index contributed by atoms with van der Waals surface area (Å²) in [6.07, 6.45) is 1.78. The fourth-order valence-electron chi connectivity index (χ4n) is 2.05. The van der Waals surface area contributed by atoms with Gasteiger partial charge in [-0.25, -0.2) is 4.98 Å². The van der Waals surface area contributed by atoms with Gasteiger partial charge in [-0.2, -0.15) is 0 Å². The fraction of sp³-hybridized carbons (Fsp3) is 0.500. The van der Waals surface area contributed by atoms with E-state index in [1.165, 1.54) is 0 Å². The van der Waals surface area contributed by atoms with E-state index < -0.39 is 0 Å². The van der Waals surface area contributed by atoms with Crippen LogP contribution in [0.2, 0.25) is 0 Å². The third kappa shape index (κ3) is 1.27. The number of hydrogen-bond acceptors (Lipinski definition) is 5. The van der Waals surface area contributed by atoms with Crippen LogP contribution in [0.3, 0.4) is 0 Å². The van der Waals surface area contributed by atoms with Crippen LogP contribution in [0.1, 0.15) is 0 Å². The van der Waals surface area contributed by atoms with Crippen molar-refractivity contribution in [3.63, 3.8) is 0 Å². The first-order valence-corrected chi connectivity index (χ1v) is 5.01. The monoisotopic (exact) mass is 207 g/mol. The topological polar surface area (TPSA) is 60.6 Å². The molecule has 3 rings (SSSR count). The van der Waals surface area contributed by atoms with Crippen LogP contribution in [-0.2, 0) is 9.47 Å². The predicted molar refractivity (Wildman–Crippen MR) is 55.5 cm³/mol. The van der Waals surface area contributed by atoms with Crippen LogP contribution >= 0.6 is 0 Å². The second kappa shape index (κ2) is 3.08. The molecule has 1 spiro atoms. The first-order valence-electron chi connectivity index (χ1n) is 5.01. The summed E-state index contributed by atoms with van der Waals surface area (Å²) in [6.45, 7) is 2.90. The Balaban J connectivity index is 1.90. The average molecular weight is 207 g/mol. The number of rotatable bonds is 1. The number of nitrogen functional groups attached to an aromatic ring is 1. The van der Waals surface area contributed by atoms with Crippen molar-refractivity contribution in [2.75, 3.05) is 37.0 Å². The van der Waals surface area contributed by atoms with E-state index in [9.17, 15) is 0 Å². The molecule has 2 N–H and O–H groups in total. The van der Waals surface area contributed by atoms with E-state index >= 15 is 0 Å². The lowest BCUT2D eigenvalue weighted by molar-refractivity contribution is -0.182. The van der Waals surface area contributed by atoms with Crippen molar-refractivity contribution in [1.82, 2.24) is 4.98 Å². The van der Waals surface area contributed by atoms with E-state index in [4.69, 9.17) is 15.2 Å². The number of hydrogen-bond donors (Lipinski definition) is 1. The summed E-state index contributed by atoms with van der Waals surface area (Å²) in [7, 11) is 0. The number of pyridine rings is 1. The first-order chi connectivity index (χ1) is 7.30. The zero-order valence-corrected chi connectivity index (χ0v) is 8.35. The summed E-state index contributed by atoms with van der Waals surface area (Å²) in [5.41, 5.74) is 6.36. The van der Waals surface area contributed by atoms with Gasteiger partial charge in [0.1, 0.15) is 5.82 Å². The van der Waals surface area contributed by atoms with Crippen molar-refractivity contribution < 1.29 is 9.47 Å². The first kappa shape index (κ1) is 8.94. The summed E-state index contributed by atoms with van der Waals surface area (Å²) in [5.74, 6) is 0.540. The molecule has 0 saturated carbocycles. The minimum absolute atomic E-state index is 0.238. The van der Waals surface area contributed by atoms with Crippen molar-refractivity contribution >= 4 is 11.5 Å². The SMILES string of the molecule is Nc1ccc(N2CCOC23COC3)cn1. The van der Waals surface area contributed by atoms with Crippen LogP contribution in [0.25, 0.3) is 0 Å². The van der Waals surface area contributed by atoms with Gasteiger partial charge in [0.15, 0.2) is 5.72 Å². The Morgan fingerprint density at radius 2 is 2.27 bits per heavy atom. The van der Waals surface area contributed by atoms with Crippen LogP contribution < -0.4 is 10.6 Å². The van der Waals surface area contributed by atoms with Gasteiger partial charge in [0, 0.05) is 6.54 Å². The van der Waals surface area contributed by atoms with Gasteiger partial charge < -0.3 is 20.1 Å². The van der Waals surface area contributed by atoms with Gasteiger partial charge in [0.25, 0.3) is 0 Å². The van der Waals surface area contributed by atoms with Crippen molar-refractivity contribution in [2.45, 2.75) is 5.72 Å². The molecule has 2 aliphatic rings. The summed E-state index contributed by atoms with van der Waals surface area (Å²) in [6, 6.07) is 3.78. The smallest absolute Gasteiger partial charge is 0.188 e. The molecule has 0 aliphatic carbocycles.